The molecule has 0 radical (unpaired) electrons. The lowest BCUT2D eigenvalue weighted by atomic mass is 9.69. The van der Waals surface area contributed by atoms with E-state index in [1.165, 1.54) is 51.9 Å². The van der Waals surface area contributed by atoms with Crippen LogP contribution >= 0.6 is 11.6 Å². The van der Waals surface area contributed by atoms with Crippen LogP contribution in [0.25, 0.3) is 0 Å². The number of carbonyl (C=O) groups is 3. The van der Waals surface area contributed by atoms with Crippen molar-refractivity contribution in [3.8, 4) is 28.7 Å². The van der Waals surface area contributed by atoms with E-state index in [1.807, 2.05) is 0 Å². The number of phenolic OH excluding ortho intramolecular Hbond substituents is 1. The Morgan fingerprint density at radius 1 is 1.16 bits per heavy atom. The summed E-state index contributed by atoms with van der Waals surface area (Å²) >= 11 is 6.55. The Kier molecular flexibility index (Phi) is 8.46. The lowest BCUT2D eigenvalue weighted by molar-refractivity contribution is -0.121. The lowest BCUT2D eigenvalue weighted by Gasteiger charge is -2.38. The van der Waals surface area contributed by atoms with Gasteiger partial charge in [0.1, 0.15) is 22.1 Å². The van der Waals surface area contributed by atoms with Gasteiger partial charge < -0.3 is 39.5 Å². The van der Waals surface area contributed by atoms with Crippen LogP contribution in [0.2, 0.25) is 5.02 Å². The molecule has 0 bridgehead atoms. The molecule has 2 aromatic carbocycles. The Morgan fingerprint density at radius 3 is 2.55 bits per heavy atom. The van der Waals surface area contributed by atoms with Crippen LogP contribution in [0.5, 0.6) is 28.7 Å². The zero-order valence-corrected chi connectivity index (χ0v) is 25.3. The summed E-state index contributed by atoms with van der Waals surface area (Å²) in [7, 11) is 4.13. The molecule has 13 heteroatoms. The quantitative estimate of drug-likeness (QED) is 0.258. The number of nitrogens with one attached hydrogen (secondary N) is 2. The zero-order valence-electron chi connectivity index (χ0n) is 24.5. The molecular weight excluding hydrogens is 594 g/mol. The number of amides is 1. The number of imidazole rings is 1. The summed E-state index contributed by atoms with van der Waals surface area (Å²) in [4.78, 5) is 48.1. The molecule has 0 fully saturated rings. The molecule has 4 N–H and O–H groups in total. The molecule has 3 atom stereocenters. The normalized spacial score (nSPS) is 19.9. The number of benzene rings is 2. The highest BCUT2D eigenvalue weighted by atomic mass is 35.5. The fourth-order valence-corrected chi connectivity index (χ4v) is 6.12. The predicted octanol–water partition coefficient (Wildman–Crippen LogP) is 4.06. The Balaban J connectivity index is 1.60. The summed E-state index contributed by atoms with van der Waals surface area (Å²) in [6, 6.07) is 5.81. The molecular formula is C31H32ClN3O9. The Labute approximate surface area is 257 Å². The number of aromatic amines is 1. The molecule has 12 nitrogen and oxygen atoms in total. The molecule has 44 heavy (non-hydrogen) atoms. The van der Waals surface area contributed by atoms with Gasteiger partial charge in [0.15, 0.2) is 28.8 Å². The van der Waals surface area contributed by atoms with Crippen molar-refractivity contribution in [3.05, 3.63) is 70.0 Å². The summed E-state index contributed by atoms with van der Waals surface area (Å²) in [6.45, 7) is 1.90. The van der Waals surface area contributed by atoms with E-state index in [2.05, 4.69) is 15.3 Å². The number of Topliss-reactive ketones (excluding diaryl/α,β-unsaturated/α-hetero) is 2. The molecule has 0 saturated heterocycles. The van der Waals surface area contributed by atoms with Crippen molar-refractivity contribution in [1.29, 1.82) is 0 Å². The largest absolute Gasteiger partial charge is 0.507 e. The third-order valence-corrected chi connectivity index (χ3v) is 8.48. The zero-order chi connectivity index (χ0) is 31.8. The van der Waals surface area contributed by atoms with Crippen molar-refractivity contribution in [2.75, 3.05) is 27.9 Å². The van der Waals surface area contributed by atoms with Gasteiger partial charge in [0.2, 0.25) is 17.3 Å². The SMILES string of the molecule is COc1cc(C(CC(=O)NCCc2cnc[nH]2)C2=C(O)C3(Oc4c(Cl)c(OC)cc(OC)c4C3=O)C(C)CC2=O)ccc1O. The van der Waals surface area contributed by atoms with Crippen LogP contribution in [0.4, 0.5) is 0 Å². The number of carbonyl (C=O) groups excluding carboxylic acids is 3. The van der Waals surface area contributed by atoms with E-state index >= 15 is 0 Å². The maximum Gasteiger partial charge on any atom is 0.231 e. The third kappa shape index (κ3) is 5.08. The van der Waals surface area contributed by atoms with Gasteiger partial charge in [-0.2, -0.15) is 0 Å². The van der Waals surface area contributed by atoms with Gasteiger partial charge in [-0.1, -0.05) is 24.6 Å². The Bertz CT molecular complexity index is 1650. The first-order valence-electron chi connectivity index (χ1n) is 13.8. The summed E-state index contributed by atoms with van der Waals surface area (Å²) < 4.78 is 22.3. The summed E-state index contributed by atoms with van der Waals surface area (Å²) in [5.74, 6) is -3.79. The van der Waals surface area contributed by atoms with Gasteiger partial charge in [-0.25, -0.2) is 4.98 Å². The number of allylic oxidation sites excluding steroid dienone is 1. The highest BCUT2D eigenvalue weighted by molar-refractivity contribution is 6.35. The van der Waals surface area contributed by atoms with Crippen LogP contribution in [0.3, 0.4) is 0 Å². The van der Waals surface area contributed by atoms with Crippen molar-refractivity contribution in [2.45, 2.75) is 37.7 Å². The number of hydrogen-bond acceptors (Lipinski definition) is 10. The number of hydrogen-bond donors (Lipinski definition) is 4. The number of aromatic nitrogens is 2. The summed E-state index contributed by atoms with van der Waals surface area (Å²) in [5.41, 5.74) is -0.965. The minimum Gasteiger partial charge on any atom is -0.507 e. The summed E-state index contributed by atoms with van der Waals surface area (Å²) in [6.07, 6.45) is 3.23. The first kappa shape index (κ1) is 30.7. The number of ketones is 2. The molecule has 1 aromatic heterocycles. The molecule has 1 amide bonds. The fraction of sp³-hybridized carbons (Fsp3) is 0.355. The number of H-pyrrole nitrogens is 1. The number of methoxy groups -OCH3 is 3. The molecule has 2 heterocycles. The second kappa shape index (κ2) is 12.1. The number of aliphatic hydroxyl groups is 1. The summed E-state index contributed by atoms with van der Waals surface area (Å²) in [5, 5.41) is 25.1. The molecule has 3 unspecified atom stereocenters. The van der Waals surface area contributed by atoms with E-state index in [-0.39, 0.29) is 64.3 Å². The number of ether oxygens (including phenoxy) is 4. The van der Waals surface area contributed by atoms with Gasteiger partial charge >= 0.3 is 0 Å². The number of phenols is 1. The number of aromatic hydroxyl groups is 1. The number of fused-ring (bicyclic) bond motifs is 1. The van der Waals surface area contributed by atoms with Crippen molar-refractivity contribution >= 4 is 29.1 Å². The van der Waals surface area contributed by atoms with Gasteiger partial charge in [-0.15, -0.1) is 0 Å². The van der Waals surface area contributed by atoms with Gasteiger partial charge in [0, 0.05) is 61.2 Å². The number of aliphatic hydroxyl groups excluding tert-OH is 1. The highest BCUT2D eigenvalue weighted by Crippen LogP contribution is 2.56. The van der Waals surface area contributed by atoms with Crippen molar-refractivity contribution in [1.82, 2.24) is 15.3 Å². The fourth-order valence-electron chi connectivity index (χ4n) is 5.85. The van der Waals surface area contributed by atoms with E-state index < -0.39 is 40.7 Å². The second-order valence-electron chi connectivity index (χ2n) is 10.6. The minimum atomic E-state index is -2.02. The minimum absolute atomic E-state index is 0.00319. The van der Waals surface area contributed by atoms with Crippen molar-refractivity contribution in [3.63, 3.8) is 0 Å². The molecule has 1 aliphatic heterocycles. The first-order chi connectivity index (χ1) is 21.1. The standard InChI is InChI=1S/C31H32ClN3O9/c1-15-9-20(37)25(29(39)31(15)30(40)26-22(42-3)12-23(43-4)27(32)28(26)44-31)18(16-5-6-19(36)21(10-16)41-2)11-24(38)34-8-7-17-13-33-14-35-17/h5-6,10,12-15,18,36,39H,7-9,11H2,1-4H3,(H,33,35)(H,34,38). The van der Waals surface area contributed by atoms with Gasteiger partial charge in [0.25, 0.3) is 0 Å². The molecule has 0 saturated carbocycles. The Morgan fingerprint density at radius 2 is 1.89 bits per heavy atom. The van der Waals surface area contributed by atoms with Crippen LogP contribution in [0.15, 0.2) is 48.1 Å². The molecule has 1 aliphatic carbocycles. The van der Waals surface area contributed by atoms with E-state index in [0.29, 0.717) is 12.0 Å². The van der Waals surface area contributed by atoms with Crippen LogP contribution in [0.1, 0.15) is 47.3 Å². The highest BCUT2D eigenvalue weighted by Gasteiger charge is 2.61. The van der Waals surface area contributed by atoms with Crippen LogP contribution in [-0.2, 0) is 16.0 Å². The Hall–Kier alpha value is -4.71. The number of nitrogens with zero attached hydrogens (tertiary/aromatic N) is 1. The maximum absolute atomic E-state index is 14.2. The molecule has 232 valence electrons. The van der Waals surface area contributed by atoms with Crippen LogP contribution in [0, 0.1) is 5.92 Å². The first-order valence-corrected chi connectivity index (χ1v) is 14.2. The number of rotatable bonds is 10. The van der Waals surface area contributed by atoms with Crippen LogP contribution < -0.4 is 24.3 Å². The smallest absolute Gasteiger partial charge is 0.231 e. The maximum atomic E-state index is 14.2. The molecule has 2 aliphatic rings. The molecule has 5 rings (SSSR count). The van der Waals surface area contributed by atoms with Crippen LogP contribution in [-0.4, -0.2) is 71.1 Å². The van der Waals surface area contributed by atoms with E-state index in [9.17, 15) is 24.6 Å². The second-order valence-corrected chi connectivity index (χ2v) is 11.0. The topological polar surface area (TPSA) is 169 Å². The van der Waals surface area contributed by atoms with E-state index in [4.69, 9.17) is 30.5 Å². The van der Waals surface area contributed by atoms with Crippen molar-refractivity contribution < 1.29 is 43.5 Å². The monoisotopic (exact) mass is 625 g/mol. The number of halogens is 1. The lowest BCUT2D eigenvalue weighted by Crippen LogP contribution is -2.53. The van der Waals surface area contributed by atoms with E-state index in [1.54, 1.807) is 13.1 Å². The predicted molar refractivity (Wildman–Crippen MR) is 158 cm³/mol. The average molecular weight is 626 g/mol. The van der Waals surface area contributed by atoms with Gasteiger partial charge in [-0.05, 0) is 17.7 Å². The van der Waals surface area contributed by atoms with Gasteiger partial charge in [0.05, 0.1) is 27.7 Å². The average Bonchev–Trinajstić information content (AvgIpc) is 3.63. The van der Waals surface area contributed by atoms with E-state index in [0.717, 1.165) is 5.69 Å². The van der Waals surface area contributed by atoms with Crippen molar-refractivity contribution in [2.24, 2.45) is 5.92 Å². The molecule has 1 spiro atoms. The molecule has 3 aromatic rings. The third-order valence-electron chi connectivity index (χ3n) is 8.13. The van der Waals surface area contributed by atoms with Gasteiger partial charge in [-0.3, -0.25) is 14.4 Å².